The average molecular weight is 324 g/mol. The zero-order valence-electron chi connectivity index (χ0n) is 11.2. The van der Waals surface area contributed by atoms with E-state index in [1.807, 2.05) is 18.5 Å². The van der Waals surface area contributed by atoms with Crippen molar-refractivity contribution in [3.63, 3.8) is 0 Å². The molecule has 0 aliphatic heterocycles. The highest BCUT2D eigenvalue weighted by molar-refractivity contribution is 9.10. The van der Waals surface area contributed by atoms with Crippen LogP contribution >= 0.6 is 15.9 Å². The Morgan fingerprint density at radius 1 is 1.42 bits per heavy atom. The first-order valence-corrected chi connectivity index (χ1v) is 7.07. The van der Waals surface area contributed by atoms with Gasteiger partial charge in [-0.15, -0.1) is 0 Å². The van der Waals surface area contributed by atoms with Crippen molar-refractivity contribution in [2.75, 3.05) is 13.7 Å². The molecule has 0 saturated carbocycles. The third kappa shape index (κ3) is 3.58. The highest BCUT2D eigenvalue weighted by Crippen LogP contribution is 2.25. The van der Waals surface area contributed by atoms with E-state index in [0.29, 0.717) is 0 Å². The number of nitrogens with zero attached hydrogens (tertiary/aromatic N) is 2. The van der Waals surface area contributed by atoms with Crippen LogP contribution in [-0.4, -0.2) is 23.2 Å². The van der Waals surface area contributed by atoms with Gasteiger partial charge in [-0.05, 0) is 40.2 Å². The van der Waals surface area contributed by atoms with Crippen molar-refractivity contribution in [2.24, 2.45) is 0 Å². The van der Waals surface area contributed by atoms with E-state index in [-0.39, 0.29) is 0 Å². The Morgan fingerprint density at radius 3 is 2.95 bits per heavy atom. The number of nitrogens with one attached hydrogen (secondary N) is 1. The highest BCUT2D eigenvalue weighted by atomic mass is 79.9. The summed E-state index contributed by atoms with van der Waals surface area (Å²) in [6, 6.07) is 6.12. The summed E-state index contributed by atoms with van der Waals surface area (Å²) in [7, 11) is 1.67. The summed E-state index contributed by atoms with van der Waals surface area (Å²) >= 11 is 3.51. The summed E-state index contributed by atoms with van der Waals surface area (Å²) in [5, 5.41) is 3.29. The van der Waals surface area contributed by atoms with Crippen LogP contribution in [0.3, 0.4) is 0 Å². The number of hydrogen-bond acceptors (Lipinski definition) is 3. The molecule has 0 amide bonds. The molecule has 0 atom stereocenters. The molecule has 0 bridgehead atoms. The molecule has 5 heteroatoms. The van der Waals surface area contributed by atoms with Crippen molar-refractivity contribution in [1.82, 2.24) is 14.9 Å². The molecule has 19 heavy (non-hydrogen) atoms. The van der Waals surface area contributed by atoms with Gasteiger partial charge in [0, 0.05) is 18.9 Å². The van der Waals surface area contributed by atoms with E-state index < -0.39 is 0 Å². The molecular weight excluding hydrogens is 306 g/mol. The van der Waals surface area contributed by atoms with Gasteiger partial charge in [0.25, 0.3) is 0 Å². The minimum absolute atomic E-state index is 0.792. The summed E-state index contributed by atoms with van der Waals surface area (Å²) in [5.74, 6) is 1.90. The van der Waals surface area contributed by atoms with Crippen LogP contribution in [0.5, 0.6) is 5.75 Å². The maximum Gasteiger partial charge on any atom is 0.133 e. The summed E-state index contributed by atoms with van der Waals surface area (Å²) in [4.78, 5) is 4.37. The summed E-state index contributed by atoms with van der Waals surface area (Å²) in [6.07, 6.45) is 3.84. The smallest absolute Gasteiger partial charge is 0.133 e. The van der Waals surface area contributed by atoms with Crippen LogP contribution in [0.1, 0.15) is 18.3 Å². The second-order valence-corrected chi connectivity index (χ2v) is 5.07. The zero-order valence-corrected chi connectivity index (χ0v) is 12.8. The number of halogens is 1. The van der Waals surface area contributed by atoms with Crippen molar-refractivity contribution in [1.29, 1.82) is 0 Å². The first kappa shape index (κ1) is 14.1. The summed E-state index contributed by atoms with van der Waals surface area (Å²) in [6.45, 7) is 4.64. The van der Waals surface area contributed by atoms with Gasteiger partial charge in [-0.2, -0.15) is 0 Å². The van der Waals surface area contributed by atoms with E-state index in [9.17, 15) is 0 Å². The van der Waals surface area contributed by atoms with Crippen molar-refractivity contribution in [3.8, 4) is 5.75 Å². The minimum atomic E-state index is 0.792. The van der Waals surface area contributed by atoms with Gasteiger partial charge < -0.3 is 14.6 Å². The Balaban J connectivity index is 2.12. The molecule has 0 fully saturated rings. The topological polar surface area (TPSA) is 39.1 Å². The number of methoxy groups -OCH3 is 1. The molecule has 1 N–H and O–H groups in total. The SMILES string of the molecule is CCNCc1nccn1Cc1ccc(OC)c(Br)c1. The van der Waals surface area contributed by atoms with E-state index in [4.69, 9.17) is 4.74 Å². The number of hydrogen-bond donors (Lipinski definition) is 1. The lowest BCUT2D eigenvalue weighted by atomic mass is 10.2. The predicted molar refractivity (Wildman–Crippen MR) is 79.4 cm³/mol. The van der Waals surface area contributed by atoms with Gasteiger partial charge in [-0.3, -0.25) is 0 Å². The minimum Gasteiger partial charge on any atom is -0.496 e. The first-order valence-electron chi connectivity index (χ1n) is 6.27. The van der Waals surface area contributed by atoms with Gasteiger partial charge in [0.05, 0.1) is 18.1 Å². The normalized spacial score (nSPS) is 10.7. The van der Waals surface area contributed by atoms with Crippen molar-refractivity contribution in [2.45, 2.75) is 20.0 Å². The molecule has 4 nitrogen and oxygen atoms in total. The fourth-order valence-electron chi connectivity index (χ4n) is 1.89. The summed E-state index contributed by atoms with van der Waals surface area (Å²) in [5.41, 5.74) is 1.21. The maximum absolute atomic E-state index is 5.24. The molecule has 2 rings (SSSR count). The standard InChI is InChI=1S/C14H18BrN3O/c1-3-16-9-14-17-6-7-18(14)10-11-4-5-13(19-2)12(15)8-11/h4-8,16H,3,9-10H2,1-2H3. The van der Waals surface area contributed by atoms with Crippen LogP contribution in [0.2, 0.25) is 0 Å². The first-order chi connectivity index (χ1) is 9.24. The zero-order chi connectivity index (χ0) is 13.7. The molecular formula is C14H18BrN3O. The van der Waals surface area contributed by atoms with E-state index in [2.05, 4.69) is 49.9 Å². The third-order valence-corrected chi connectivity index (χ3v) is 3.52. The Labute approximate surface area is 121 Å². The second kappa shape index (κ2) is 6.73. The molecule has 0 spiro atoms. The summed E-state index contributed by atoms with van der Waals surface area (Å²) < 4.78 is 8.36. The highest BCUT2D eigenvalue weighted by Gasteiger charge is 2.05. The largest absolute Gasteiger partial charge is 0.496 e. The number of ether oxygens (including phenoxy) is 1. The van der Waals surface area contributed by atoms with Gasteiger partial charge in [0.15, 0.2) is 0 Å². The van der Waals surface area contributed by atoms with E-state index in [0.717, 1.165) is 35.7 Å². The lowest BCUT2D eigenvalue weighted by Crippen LogP contribution is -2.16. The van der Waals surface area contributed by atoms with E-state index >= 15 is 0 Å². The monoisotopic (exact) mass is 323 g/mol. The van der Waals surface area contributed by atoms with Crippen LogP contribution in [0.4, 0.5) is 0 Å². The van der Waals surface area contributed by atoms with Crippen molar-refractivity contribution >= 4 is 15.9 Å². The number of rotatable bonds is 6. The molecule has 0 saturated heterocycles. The number of benzene rings is 1. The molecule has 1 aromatic heterocycles. The molecule has 1 heterocycles. The van der Waals surface area contributed by atoms with Crippen molar-refractivity contribution in [3.05, 3.63) is 46.5 Å². The van der Waals surface area contributed by atoms with Gasteiger partial charge in [0.2, 0.25) is 0 Å². The van der Waals surface area contributed by atoms with Gasteiger partial charge in [-0.1, -0.05) is 13.0 Å². The molecule has 0 unspecified atom stereocenters. The average Bonchev–Trinajstić information content (AvgIpc) is 2.84. The van der Waals surface area contributed by atoms with Crippen LogP contribution in [0, 0.1) is 0 Å². The second-order valence-electron chi connectivity index (χ2n) is 4.22. The molecule has 0 aliphatic carbocycles. The lowest BCUT2D eigenvalue weighted by Gasteiger charge is -2.10. The van der Waals surface area contributed by atoms with Gasteiger partial charge >= 0.3 is 0 Å². The van der Waals surface area contributed by atoms with Crippen LogP contribution in [0.15, 0.2) is 35.1 Å². The van der Waals surface area contributed by atoms with E-state index in [1.54, 1.807) is 7.11 Å². The number of aromatic nitrogens is 2. The molecule has 0 aliphatic rings. The predicted octanol–water partition coefficient (Wildman–Crippen LogP) is 2.81. The lowest BCUT2D eigenvalue weighted by molar-refractivity contribution is 0.412. The van der Waals surface area contributed by atoms with Crippen LogP contribution in [-0.2, 0) is 13.1 Å². The Bertz CT molecular complexity index is 539. The van der Waals surface area contributed by atoms with Crippen LogP contribution < -0.4 is 10.1 Å². The quantitative estimate of drug-likeness (QED) is 0.888. The fourth-order valence-corrected chi connectivity index (χ4v) is 2.48. The number of imidazole rings is 1. The van der Waals surface area contributed by atoms with Gasteiger partial charge in [-0.25, -0.2) is 4.98 Å². The van der Waals surface area contributed by atoms with Gasteiger partial charge in [0.1, 0.15) is 11.6 Å². The van der Waals surface area contributed by atoms with Crippen molar-refractivity contribution < 1.29 is 4.74 Å². The maximum atomic E-state index is 5.24. The Hall–Kier alpha value is -1.33. The molecule has 2 aromatic rings. The fraction of sp³-hybridized carbons (Fsp3) is 0.357. The molecule has 0 radical (unpaired) electrons. The Kier molecular flexibility index (Phi) is 4.99. The third-order valence-electron chi connectivity index (χ3n) is 2.90. The van der Waals surface area contributed by atoms with Crippen LogP contribution in [0.25, 0.3) is 0 Å². The molecule has 102 valence electrons. The Morgan fingerprint density at radius 2 is 2.26 bits per heavy atom. The van der Waals surface area contributed by atoms with E-state index in [1.165, 1.54) is 5.56 Å². The molecule has 1 aromatic carbocycles.